The average Bonchev–Trinajstić information content (AvgIpc) is 2.66. The fourth-order valence-corrected chi connectivity index (χ4v) is 2.39. The Hall–Kier alpha value is -2.69. The number of primary amides is 1. The third-order valence-electron chi connectivity index (χ3n) is 4.82. The van der Waals surface area contributed by atoms with E-state index in [0.29, 0.717) is 12.8 Å². The Morgan fingerprint density at radius 1 is 0.931 bits per heavy atom. The fraction of sp³-hybridized carbons (Fsp3) is 0.722. The second-order valence-corrected chi connectivity index (χ2v) is 7.13. The monoisotopic (exact) mass is 415 g/mol. The van der Waals surface area contributed by atoms with Gasteiger partial charge in [-0.15, -0.1) is 0 Å². The minimum Gasteiger partial charge on any atom is -0.480 e. The van der Waals surface area contributed by atoms with Gasteiger partial charge in [0.05, 0.1) is 19.0 Å². The van der Waals surface area contributed by atoms with E-state index >= 15 is 0 Å². The van der Waals surface area contributed by atoms with E-state index in [1.165, 1.54) is 0 Å². The van der Waals surface area contributed by atoms with E-state index in [9.17, 15) is 29.1 Å². The normalized spacial score (nSPS) is 15.9. The highest BCUT2D eigenvalue weighted by Gasteiger charge is 2.30. The molecule has 0 fully saturated rings. The number of nitrogens with one attached hydrogen (secondary N) is 3. The van der Waals surface area contributed by atoms with Crippen molar-refractivity contribution < 1.29 is 29.1 Å². The van der Waals surface area contributed by atoms with E-state index in [2.05, 4.69) is 16.0 Å². The van der Waals surface area contributed by atoms with Crippen LogP contribution in [-0.4, -0.2) is 59.4 Å². The van der Waals surface area contributed by atoms with Crippen molar-refractivity contribution in [2.24, 2.45) is 23.3 Å². The third-order valence-corrected chi connectivity index (χ3v) is 4.82. The highest BCUT2D eigenvalue weighted by atomic mass is 16.4. The van der Waals surface area contributed by atoms with Crippen LogP contribution in [0.1, 0.15) is 47.0 Å². The van der Waals surface area contributed by atoms with E-state index < -0.39 is 60.7 Å². The van der Waals surface area contributed by atoms with Crippen molar-refractivity contribution in [1.29, 1.82) is 0 Å². The van der Waals surface area contributed by atoms with E-state index in [-0.39, 0.29) is 11.8 Å². The predicted molar refractivity (Wildman–Crippen MR) is 105 cm³/mol. The lowest BCUT2D eigenvalue weighted by Crippen LogP contribution is -2.56. The van der Waals surface area contributed by atoms with Crippen LogP contribution in [0.2, 0.25) is 0 Å². The number of hydrogen-bond acceptors (Lipinski definition) is 6. The number of carboxylic acids is 1. The lowest BCUT2D eigenvalue weighted by Gasteiger charge is -2.24. The smallest absolute Gasteiger partial charge is 0.326 e. The summed E-state index contributed by atoms with van der Waals surface area (Å²) < 4.78 is 0. The first kappa shape index (κ1) is 26.3. The Morgan fingerprint density at radius 3 is 1.93 bits per heavy atom. The molecule has 0 aliphatic rings. The summed E-state index contributed by atoms with van der Waals surface area (Å²) in [5.41, 5.74) is 10.9. The summed E-state index contributed by atoms with van der Waals surface area (Å²) in [6.45, 7) is 6.63. The maximum Gasteiger partial charge on any atom is 0.326 e. The van der Waals surface area contributed by atoms with Crippen LogP contribution in [0.25, 0.3) is 0 Å². The van der Waals surface area contributed by atoms with Crippen molar-refractivity contribution in [3.8, 4) is 0 Å². The van der Waals surface area contributed by atoms with Crippen molar-refractivity contribution in [3.05, 3.63) is 0 Å². The Bertz CT molecular complexity index is 612. The minimum absolute atomic E-state index is 0.0834. The van der Waals surface area contributed by atoms with Crippen LogP contribution in [0.5, 0.6) is 0 Å². The Labute approximate surface area is 170 Å². The van der Waals surface area contributed by atoms with Crippen LogP contribution >= 0.6 is 0 Å². The molecule has 0 saturated heterocycles. The van der Waals surface area contributed by atoms with Gasteiger partial charge in [-0.1, -0.05) is 40.5 Å². The van der Waals surface area contributed by atoms with Gasteiger partial charge in [-0.2, -0.15) is 0 Å². The summed E-state index contributed by atoms with van der Waals surface area (Å²) in [5.74, 6) is -4.67. The van der Waals surface area contributed by atoms with Crippen LogP contribution < -0.4 is 27.4 Å². The number of carboxylic acid groups (broad SMARTS) is 1. The molecule has 0 aromatic heterocycles. The number of amides is 4. The minimum atomic E-state index is -1.37. The predicted octanol–water partition coefficient (Wildman–Crippen LogP) is -1.55. The molecule has 4 amide bonds. The number of carbonyl (C=O) groups is 5. The highest BCUT2D eigenvalue weighted by molar-refractivity contribution is 5.95. The molecular weight excluding hydrogens is 382 g/mol. The van der Waals surface area contributed by atoms with Gasteiger partial charge in [-0.25, -0.2) is 4.79 Å². The number of carbonyl (C=O) groups excluding carboxylic acids is 4. The zero-order chi connectivity index (χ0) is 22.7. The van der Waals surface area contributed by atoms with Gasteiger partial charge < -0.3 is 32.5 Å². The van der Waals surface area contributed by atoms with E-state index in [1.54, 1.807) is 20.8 Å². The first-order chi connectivity index (χ1) is 13.4. The molecule has 29 heavy (non-hydrogen) atoms. The van der Waals surface area contributed by atoms with Crippen LogP contribution in [0.15, 0.2) is 0 Å². The Kier molecular flexibility index (Phi) is 11.5. The molecule has 0 aliphatic carbocycles. The van der Waals surface area contributed by atoms with Crippen LogP contribution in [0, 0.1) is 11.8 Å². The van der Waals surface area contributed by atoms with Gasteiger partial charge in [0.15, 0.2) is 0 Å². The molecule has 0 radical (unpaired) electrons. The number of hydrogen-bond donors (Lipinski definition) is 6. The molecule has 5 atom stereocenters. The quantitative estimate of drug-likeness (QED) is 0.209. The maximum absolute atomic E-state index is 12.4. The molecule has 8 N–H and O–H groups in total. The van der Waals surface area contributed by atoms with Crippen molar-refractivity contribution in [3.63, 3.8) is 0 Å². The third kappa shape index (κ3) is 9.37. The molecule has 0 heterocycles. The average molecular weight is 415 g/mol. The summed E-state index contributed by atoms with van der Waals surface area (Å²) >= 11 is 0. The van der Waals surface area contributed by atoms with Crippen molar-refractivity contribution in [1.82, 2.24) is 16.0 Å². The van der Waals surface area contributed by atoms with Crippen LogP contribution in [0.4, 0.5) is 0 Å². The van der Waals surface area contributed by atoms with Gasteiger partial charge >= 0.3 is 5.97 Å². The zero-order valence-electron chi connectivity index (χ0n) is 17.4. The maximum atomic E-state index is 12.4. The molecule has 166 valence electrons. The first-order valence-electron chi connectivity index (χ1n) is 9.58. The lowest BCUT2D eigenvalue weighted by atomic mass is 9.98. The molecular formula is C18H33N5O6. The molecule has 0 aromatic rings. The van der Waals surface area contributed by atoms with Crippen molar-refractivity contribution >= 4 is 29.6 Å². The Balaban J connectivity index is 4.99. The summed E-state index contributed by atoms with van der Waals surface area (Å²) in [4.78, 5) is 59.1. The van der Waals surface area contributed by atoms with E-state index in [0.717, 1.165) is 0 Å². The van der Waals surface area contributed by atoms with Gasteiger partial charge in [-0.3, -0.25) is 19.2 Å². The largest absolute Gasteiger partial charge is 0.480 e. The molecule has 0 saturated carbocycles. The Morgan fingerprint density at radius 2 is 1.48 bits per heavy atom. The molecule has 0 aromatic carbocycles. The summed E-state index contributed by atoms with van der Waals surface area (Å²) in [5, 5.41) is 16.2. The molecule has 0 spiro atoms. The summed E-state index contributed by atoms with van der Waals surface area (Å²) in [6.07, 6.45) is 0.653. The molecule has 11 heteroatoms. The lowest BCUT2D eigenvalue weighted by molar-refractivity contribution is -0.143. The zero-order valence-corrected chi connectivity index (χ0v) is 17.4. The highest BCUT2D eigenvalue weighted by Crippen LogP contribution is 2.09. The first-order valence-corrected chi connectivity index (χ1v) is 9.58. The van der Waals surface area contributed by atoms with Crippen molar-refractivity contribution in [2.75, 3.05) is 6.54 Å². The molecule has 0 aliphatic heterocycles. The van der Waals surface area contributed by atoms with Gasteiger partial charge in [-0.05, 0) is 11.8 Å². The van der Waals surface area contributed by atoms with E-state index in [4.69, 9.17) is 11.5 Å². The van der Waals surface area contributed by atoms with Gasteiger partial charge in [0, 0.05) is 0 Å². The molecule has 0 bridgehead atoms. The second-order valence-electron chi connectivity index (χ2n) is 7.13. The van der Waals surface area contributed by atoms with Crippen molar-refractivity contribution in [2.45, 2.75) is 65.1 Å². The van der Waals surface area contributed by atoms with E-state index in [1.807, 2.05) is 6.92 Å². The van der Waals surface area contributed by atoms with Crippen LogP contribution in [-0.2, 0) is 24.0 Å². The summed E-state index contributed by atoms with van der Waals surface area (Å²) in [6, 6.07) is -3.34. The molecule has 0 rings (SSSR count). The standard InChI is InChI=1S/C18H33N5O6/c1-5-9(3)14(20)17(27)21-8-13(25)22-11(7-12(19)24)16(26)23-15(18(28)29)10(4)6-2/h9-11,14-15H,5-8,20H2,1-4H3,(H2,19,24)(H,21,27)(H,22,25)(H,23,26)(H,28,29). The number of rotatable bonds is 13. The van der Waals surface area contributed by atoms with Gasteiger partial charge in [0.25, 0.3) is 0 Å². The number of aliphatic carboxylic acids is 1. The molecule has 5 unspecified atom stereocenters. The second kappa shape index (κ2) is 12.7. The van der Waals surface area contributed by atoms with Gasteiger partial charge in [0.1, 0.15) is 12.1 Å². The van der Waals surface area contributed by atoms with Crippen LogP contribution in [0.3, 0.4) is 0 Å². The summed E-state index contributed by atoms with van der Waals surface area (Å²) in [7, 11) is 0. The SMILES string of the molecule is CCC(C)C(N)C(=O)NCC(=O)NC(CC(N)=O)C(=O)NC(C(=O)O)C(C)CC. The fourth-order valence-electron chi connectivity index (χ4n) is 2.39. The van der Waals surface area contributed by atoms with Gasteiger partial charge in [0.2, 0.25) is 23.6 Å². The molecule has 11 nitrogen and oxygen atoms in total. The number of nitrogens with two attached hydrogens (primary N) is 2. The topological polar surface area (TPSA) is 194 Å².